The van der Waals surface area contributed by atoms with Crippen LogP contribution in [0.3, 0.4) is 0 Å². The Morgan fingerprint density at radius 3 is 2.85 bits per heavy atom. The molecule has 0 radical (unpaired) electrons. The molecule has 0 amide bonds. The average Bonchev–Trinajstić information content (AvgIpc) is 3.17. The zero-order chi connectivity index (χ0) is 14.0. The van der Waals surface area contributed by atoms with E-state index in [1.807, 2.05) is 11.3 Å². The topological polar surface area (TPSA) is 29.3 Å². The molecular weight excluding hydrogens is 264 g/mol. The predicted molar refractivity (Wildman–Crippen MR) is 86.9 cm³/mol. The maximum absolute atomic E-state index is 6.22. The monoisotopic (exact) mass is 292 g/mol. The second-order valence-corrected chi connectivity index (χ2v) is 8.15. The summed E-state index contributed by atoms with van der Waals surface area (Å²) >= 11 is 1.89. The first-order chi connectivity index (χ1) is 9.71. The molecule has 1 heterocycles. The molecule has 20 heavy (non-hydrogen) atoms. The molecule has 2 N–H and O–H groups in total. The maximum atomic E-state index is 6.22. The summed E-state index contributed by atoms with van der Waals surface area (Å²) in [6.07, 6.45) is 8.22. The predicted octanol–water partition coefficient (Wildman–Crippen LogP) is 3.87. The van der Waals surface area contributed by atoms with Gasteiger partial charge in [-0.3, -0.25) is 4.90 Å². The molecule has 112 valence electrons. The first-order valence-electron chi connectivity index (χ1n) is 8.17. The van der Waals surface area contributed by atoms with Crippen LogP contribution in [-0.4, -0.2) is 24.0 Å². The maximum Gasteiger partial charge on any atom is 0.0331 e. The highest BCUT2D eigenvalue weighted by molar-refractivity contribution is 7.09. The summed E-state index contributed by atoms with van der Waals surface area (Å²) in [6, 6.07) is 5.28. The minimum absolute atomic E-state index is 0.386. The van der Waals surface area contributed by atoms with E-state index >= 15 is 0 Å². The number of hydrogen-bond donors (Lipinski definition) is 1. The Balaban J connectivity index is 1.68. The number of hydrogen-bond acceptors (Lipinski definition) is 3. The van der Waals surface area contributed by atoms with Gasteiger partial charge in [0.1, 0.15) is 0 Å². The van der Waals surface area contributed by atoms with Crippen LogP contribution in [0.1, 0.15) is 50.3 Å². The molecule has 0 spiro atoms. The van der Waals surface area contributed by atoms with Gasteiger partial charge in [0.2, 0.25) is 0 Å². The van der Waals surface area contributed by atoms with E-state index in [1.165, 1.54) is 49.9 Å². The van der Waals surface area contributed by atoms with E-state index in [-0.39, 0.29) is 0 Å². The molecule has 2 fully saturated rings. The van der Waals surface area contributed by atoms with Crippen molar-refractivity contribution in [3.05, 3.63) is 22.4 Å². The third-order valence-corrected chi connectivity index (χ3v) is 6.02. The summed E-state index contributed by atoms with van der Waals surface area (Å²) in [7, 11) is 0. The molecule has 2 unspecified atom stereocenters. The molecule has 3 rings (SSSR count). The lowest BCUT2D eigenvalue weighted by Crippen LogP contribution is -2.45. The number of thiophene rings is 1. The Hall–Kier alpha value is -0.380. The normalized spacial score (nSPS) is 30.9. The summed E-state index contributed by atoms with van der Waals surface area (Å²) < 4.78 is 0. The standard InChI is InChI=1S/C17H28N2S/c1-14-4-2-8-17(10-14,12-18)13-19(15-6-7-15)11-16-5-3-9-20-16/h3,5,9,14-15H,2,4,6-8,10-13,18H2,1H3. The quantitative estimate of drug-likeness (QED) is 0.862. The molecular formula is C17H28N2S. The van der Waals surface area contributed by atoms with Crippen molar-refractivity contribution in [1.29, 1.82) is 0 Å². The largest absolute Gasteiger partial charge is 0.330 e. The fourth-order valence-electron chi connectivity index (χ4n) is 3.95. The van der Waals surface area contributed by atoms with Crippen molar-refractivity contribution >= 4 is 11.3 Å². The third-order valence-electron chi connectivity index (χ3n) is 5.16. The molecule has 2 aliphatic carbocycles. The lowest BCUT2D eigenvalue weighted by Gasteiger charge is -2.42. The van der Waals surface area contributed by atoms with Gasteiger partial charge in [0, 0.05) is 24.0 Å². The van der Waals surface area contributed by atoms with Crippen molar-refractivity contribution in [3.8, 4) is 0 Å². The number of nitrogens with two attached hydrogens (primary N) is 1. The Morgan fingerprint density at radius 1 is 1.40 bits per heavy atom. The zero-order valence-corrected chi connectivity index (χ0v) is 13.5. The summed E-state index contributed by atoms with van der Waals surface area (Å²) in [5, 5.41) is 2.20. The highest BCUT2D eigenvalue weighted by Crippen LogP contribution is 2.41. The molecule has 2 atom stereocenters. The van der Waals surface area contributed by atoms with Crippen LogP contribution in [0.25, 0.3) is 0 Å². The van der Waals surface area contributed by atoms with Gasteiger partial charge >= 0.3 is 0 Å². The second-order valence-electron chi connectivity index (χ2n) is 7.12. The van der Waals surface area contributed by atoms with Crippen molar-refractivity contribution in [2.24, 2.45) is 17.1 Å². The van der Waals surface area contributed by atoms with E-state index in [0.717, 1.165) is 25.0 Å². The SMILES string of the molecule is CC1CCCC(CN)(CN(Cc2cccs2)C2CC2)C1. The van der Waals surface area contributed by atoms with Crippen LogP contribution in [0.15, 0.2) is 17.5 Å². The Bertz CT molecular complexity index is 413. The van der Waals surface area contributed by atoms with Crippen LogP contribution in [0.5, 0.6) is 0 Å². The van der Waals surface area contributed by atoms with E-state index in [0.29, 0.717) is 5.41 Å². The van der Waals surface area contributed by atoms with Crippen LogP contribution >= 0.6 is 11.3 Å². The fraction of sp³-hybridized carbons (Fsp3) is 0.765. The molecule has 2 nitrogen and oxygen atoms in total. The van der Waals surface area contributed by atoms with Gasteiger partial charge in [0.15, 0.2) is 0 Å². The molecule has 3 heteroatoms. The summed E-state index contributed by atoms with van der Waals surface area (Å²) in [5.74, 6) is 0.857. The van der Waals surface area contributed by atoms with Crippen LogP contribution in [0.2, 0.25) is 0 Å². The third kappa shape index (κ3) is 3.44. The molecule has 1 aromatic heterocycles. The Morgan fingerprint density at radius 2 is 2.25 bits per heavy atom. The van der Waals surface area contributed by atoms with E-state index < -0.39 is 0 Å². The van der Waals surface area contributed by atoms with Crippen molar-refractivity contribution in [1.82, 2.24) is 4.90 Å². The molecule has 0 saturated heterocycles. The van der Waals surface area contributed by atoms with E-state index in [9.17, 15) is 0 Å². The van der Waals surface area contributed by atoms with Crippen LogP contribution in [0.4, 0.5) is 0 Å². The smallest absolute Gasteiger partial charge is 0.0331 e. The first kappa shape index (κ1) is 14.6. The lowest BCUT2D eigenvalue weighted by molar-refractivity contribution is 0.0804. The molecule has 1 aromatic rings. The highest BCUT2D eigenvalue weighted by atomic mass is 32.1. The van der Waals surface area contributed by atoms with Gasteiger partial charge in [-0.2, -0.15) is 0 Å². The van der Waals surface area contributed by atoms with Gasteiger partial charge in [0.05, 0.1) is 0 Å². The number of nitrogens with zero attached hydrogens (tertiary/aromatic N) is 1. The molecule has 2 saturated carbocycles. The van der Waals surface area contributed by atoms with Crippen LogP contribution in [-0.2, 0) is 6.54 Å². The summed E-state index contributed by atoms with van der Waals surface area (Å²) in [5.41, 5.74) is 6.61. The molecule has 0 aromatic carbocycles. The Labute approximate surface area is 127 Å². The van der Waals surface area contributed by atoms with Crippen LogP contribution in [0, 0.1) is 11.3 Å². The van der Waals surface area contributed by atoms with E-state index in [2.05, 4.69) is 29.3 Å². The summed E-state index contributed by atoms with van der Waals surface area (Å²) in [6.45, 7) is 5.63. The van der Waals surface area contributed by atoms with Crippen molar-refractivity contribution in [2.75, 3.05) is 13.1 Å². The van der Waals surface area contributed by atoms with E-state index in [1.54, 1.807) is 0 Å². The second kappa shape index (κ2) is 6.17. The van der Waals surface area contributed by atoms with Gasteiger partial charge < -0.3 is 5.73 Å². The van der Waals surface area contributed by atoms with E-state index in [4.69, 9.17) is 5.73 Å². The van der Waals surface area contributed by atoms with Gasteiger partial charge in [-0.25, -0.2) is 0 Å². The Kier molecular flexibility index (Phi) is 4.49. The lowest BCUT2D eigenvalue weighted by atomic mass is 9.69. The van der Waals surface area contributed by atoms with Gasteiger partial charge in [-0.15, -0.1) is 11.3 Å². The van der Waals surface area contributed by atoms with Crippen molar-refractivity contribution in [2.45, 2.75) is 58.0 Å². The minimum atomic E-state index is 0.386. The minimum Gasteiger partial charge on any atom is -0.330 e. The van der Waals surface area contributed by atoms with Crippen LogP contribution < -0.4 is 5.73 Å². The van der Waals surface area contributed by atoms with Crippen molar-refractivity contribution in [3.63, 3.8) is 0 Å². The molecule has 2 aliphatic rings. The van der Waals surface area contributed by atoms with Gasteiger partial charge in [-0.05, 0) is 55.0 Å². The van der Waals surface area contributed by atoms with Gasteiger partial charge in [0.25, 0.3) is 0 Å². The summed E-state index contributed by atoms with van der Waals surface area (Å²) in [4.78, 5) is 4.24. The van der Waals surface area contributed by atoms with Gasteiger partial charge in [-0.1, -0.05) is 25.8 Å². The first-order valence-corrected chi connectivity index (χ1v) is 9.05. The zero-order valence-electron chi connectivity index (χ0n) is 12.7. The fourth-order valence-corrected chi connectivity index (χ4v) is 4.68. The highest BCUT2D eigenvalue weighted by Gasteiger charge is 2.39. The average molecular weight is 292 g/mol. The molecule has 0 bridgehead atoms. The number of rotatable bonds is 6. The molecule has 0 aliphatic heterocycles. The van der Waals surface area contributed by atoms with Crippen molar-refractivity contribution < 1.29 is 0 Å².